The van der Waals surface area contributed by atoms with E-state index in [1.54, 1.807) is 12.3 Å². The Balaban J connectivity index is 1.75. The summed E-state index contributed by atoms with van der Waals surface area (Å²) in [6, 6.07) is 13.4. The van der Waals surface area contributed by atoms with Crippen LogP contribution < -0.4 is 14.3 Å². The molecule has 3 aromatic rings. The Kier molecular flexibility index (Phi) is 5.09. The highest BCUT2D eigenvalue weighted by Gasteiger charge is 2.13. The van der Waals surface area contributed by atoms with Crippen LogP contribution in [0.1, 0.15) is 5.56 Å². The molecule has 0 spiro atoms. The molecule has 0 fully saturated rings. The summed E-state index contributed by atoms with van der Waals surface area (Å²) in [6.07, 6.45) is 3.53. The Morgan fingerprint density at radius 3 is 2.93 bits per heavy atom. The minimum absolute atomic E-state index is 0.249. The lowest BCUT2D eigenvalue weighted by Gasteiger charge is -2.04. The van der Waals surface area contributed by atoms with Crippen molar-refractivity contribution in [1.82, 2.24) is 4.68 Å². The second-order valence-corrected chi connectivity index (χ2v) is 6.99. The molecule has 0 unspecified atom stereocenters. The van der Waals surface area contributed by atoms with Crippen molar-refractivity contribution in [3.05, 3.63) is 75.9 Å². The summed E-state index contributed by atoms with van der Waals surface area (Å²) < 4.78 is 12.6. The van der Waals surface area contributed by atoms with Gasteiger partial charge in [-0.3, -0.25) is 4.99 Å². The lowest BCUT2D eigenvalue weighted by molar-refractivity contribution is 0.174. The fourth-order valence-corrected chi connectivity index (χ4v) is 3.66. The smallest absolute Gasteiger partial charge is 0.231 e. The highest BCUT2D eigenvalue weighted by molar-refractivity contribution is 7.07. The molecule has 4 rings (SSSR count). The Labute approximate surface area is 165 Å². The fraction of sp³-hybridized carbons (Fsp3) is 0.100. The van der Waals surface area contributed by atoms with Gasteiger partial charge in [-0.15, -0.1) is 17.9 Å². The molecule has 0 atom stereocenters. The zero-order chi connectivity index (χ0) is 18.6. The molecule has 7 heteroatoms. The zero-order valence-corrected chi connectivity index (χ0v) is 15.9. The fourth-order valence-electron chi connectivity index (χ4n) is 2.63. The maximum Gasteiger partial charge on any atom is 0.231 e. The molecule has 1 aliphatic rings. The lowest BCUT2D eigenvalue weighted by Crippen LogP contribution is -2.12. The van der Waals surface area contributed by atoms with Crippen molar-refractivity contribution in [2.45, 2.75) is 0 Å². The third kappa shape index (κ3) is 3.82. The van der Waals surface area contributed by atoms with Crippen LogP contribution in [0, 0.1) is 0 Å². The van der Waals surface area contributed by atoms with Gasteiger partial charge in [-0.2, -0.15) is 5.10 Å². The van der Waals surface area contributed by atoms with Crippen LogP contribution in [-0.2, 0) is 0 Å². The van der Waals surface area contributed by atoms with E-state index in [0.717, 1.165) is 33.1 Å². The summed E-state index contributed by atoms with van der Waals surface area (Å²) in [6.45, 7) is 4.50. The van der Waals surface area contributed by atoms with Crippen LogP contribution in [0.4, 0.5) is 0 Å². The first-order valence-corrected chi connectivity index (χ1v) is 9.52. The monoisotopic (exact) mass is 397 g/mol. The van der Waals surface area contributed by atoms with Crippen molar-refractivity contribution in [2.24, 2.45) is 10.1 Å². The van der Waals surface area contributed by atoms with E-state index in [1.165, 1.54) is 11.3 Å². The number of rotatable bonds is 5. The van der Waals surface area contributed by atoms with Gasteiger partial charge >= 0.3 is 0 Å². The average molecular weight is 398 g/mol. The second kappa shape index (κ2) is 7.82. The quantitative estimate of drug-likeness (QED) is 0.467. The minimum Gasteiger partial charge on any atom is -0.454 e. The van der Waals surface area contributed by atoms with E-state index in [0.29, 0.717) is 11.6 Å². The number of halogens is 1. The maximum absolute atomic E-state index is 6.16. The van der Waals surface area contributed by atoms with Crippen LogP contribution in [0.3, 0.4) is 0 Å². The third-order valence-electron chi connectivity index (χ3n) is 3.88. The molecule has 5 nitrogen and oxygen atoms in total. The van der Waals surface area contributed by atoms with Gasteiger partial charge in [-0.1, -0.05) is 29.8 Å². The van der Waals surface area contributed by atoms with Crippen LogP contribution in [0.15, 0.2) is 70.6 Å². The van der Waals surface area contributed by atoms with E-state index in [4.69, 9.17) is 21.1 Å². The molecule has 2 aromatic carbocycles. The maximum atomic E-state index is 6.16. The number of thiazole rings is 1. The molecule has 0 radical (unpaired) electrons. The molecule has 136 valence electrons. The average Bonchev–Trinajstić information content (AvgIpc) is 3.30. The minimum atomic E-state index is 0.249. The van der Waals surface area contributed by atoms with Gasteiger partial charge in [-0.25, -0.2) is 4.68 Å². The lowest BCUT2D eigenvalue weighted by atomic mass is 10.2. The standard InChI is InChI=1S/C20H16ClN3O2S/c1-2-8-22-20-24(17(12-27-20)15-4-3-5-16(21)10-15)23-11-14-6-7-18-19(9-14)26-13-25-18/h2-7,9-12H,1,8,13H2. The van der Waals surface area contributed by atoms with Gasteiger partial charge < -0.3 is 9.47 Å². The number of hydrogen-bond acceptors (Lipinski definition) is 5. The molecular formula is C20H16ClN3O2S. The Morgan fingerprint density at radius 1 is 1.19 bits per heavy atom. The molecule has 1 aromatic heterocycles. The first-order valence-electron chi connectivity index (χ1n) is 8.26. The molecule has 0 aliphatic carbocycles. The highest BCUT2D eigenvalue weighted by Crippen LogP contribution is 2.32. The van der Waals surface area contributed by atoms with Crippen molar-refractivity contribution in [3.63, 3.8) is 0 Å². The van der Waals surface area contributed by atoms with Crippen LogP contribution >= 0.6 is 22.9 Å². The van der Waals surface area contributed by atoms with Gasteiger partial charge in [0, 0.05) is 16.0 Å². The molecule has 0 amide bonds. The topological polar surface area (TPSA) is 48.1 Å². The largest absolute Gasteiger partial charge is 0.454 e. The van der Waals surface area contributed by atoms with E-state index >= 15 is 0 Å². The van der Waals surface area contributed by atoms with E-state index in [1.807, 2.05) is 52.5 Å². The molecule has 0 bridgehead atoms. The molecule has 0 saturated heterocycles. The number of benzene rings is 2. The molecular weight excluding hydrogens is 382 g/mol. The molecule has 1 aliphatic heterocycles. The number of fused-ring (bicyclic) bond motifs is 1. The first-order chi connectivity index (χ1) is 13.2. The van der Waals surface area contributed by atoms with E-state index in [2.05, 4.69) is 16.7 Å². The van der Waals surface area contributed by atoms with Crippen LogP contribution in [0.5, 0.6) is 11.5 Å². The van der Waals surface area contributed by atoms with E-state index < -0.39 is 0 Å². The van der Waals surface area contributed by atoms with Crippen molar-refractivity contribution in [1.29, 1.82) is 0 Å². The van der Waals surface area contributed by atoms with Crippen LogP contribution in [0.25, 0.3) is 11.3 Å². The summed E-state index contributed by atoms with van der Waals surface area (Å²) in [5.41, 5.74) is 2.80. The second-order valence-electron chi connectivity index (χ2n) is 5.71. The van der Waals surface area contributed by atoms with Crippen molar-refractivity contribution < 1.29 is 9.47 Å². The van der Waals surface area contributed by atoms with Gasteiger partial charge in [0.05, 0.1) is 18.5 Å². The normalized spacial score (nSPS) is 13.4. The highest BCUT2D eigenvalue weighted by atomic mass is 35.5. The SMILES string of the molecule is C=CCN=c1scc(-c2cccc(Cl)c2)n1N=Cc1ccc2c(c1)OCO2. The number of hydrogen-bond donors (Lipinski definition) is 0. The van der Waals surface area contributed by atoms with Gasteiger partial charge in [0.25, 0.3) is 0 Å². The van der Waals surface area contributed by atoms with Gasteiger partial charge in [0.15, 0.2) is 11.5 Å². The summed E-state index contributed by atoms with van der Waals surface area (Å²) in [4.78, 5) is 5.31. The van der Waals surface area contributed by atoms with Crippen LogP contribution in [-0.4, -0.2) is 24.2 Å². The summed E-state index contributed by atoms with van der Waals surface area (Å²) in [7, 11) is 0. The van der Waals surface area contributed by atoms with Crippen LogP contribution in [0.2, 0.25) is 5.02 Å². The Bertz CT molecular complexity index is 1080. The summed E-state index contributed by atoms with van der Waals surface area (Å²) >= 11 is 7.68. The third-order valence-corrected chi connectivity index (χ3v) is 4.97. The predicted molar refractivity (Wildman–Crippen MR) is 109 cm³/mol. The molecule has 0 saturated carbocycles. The molecule has 27 heavy (non-hydrogen) atoms. The Hall–Kier alpha value is -2.83. The van der Waals surface area contributed by atoms with Crippen molar-refractivity contribution >= 4 is 29.2 Å². The zero-order valence-electron chi connectivity index (χ0n) is 14.3. The number of nitrogens with zero attached hydrogens (tertiary/aromatic N) is 3. The Morgan fingerprint density at radius 2 is 2.07 bits per heavy atom. The van der Waals surface area contributed by atoms with E-state index in [9.17, 15) is 0 Å². The summed E-state index contributed by atoms with van der Waals surface area (Å²) in [5.74, 6) is 1.47. The predicted octanol–water partition coefficient (Wildman–Crippen LogP) is 4.57. The molecule has 2 heterocycles. The van der Waals surface area contributed by atoms with Crippen molar-refractivity contribution in [3.8, 4) is 22.8 Å². The van der Waals surface area contributed by atoms with Crippen molar-refractivity contribution in [2.75, 3.05) is 13.3 Å². The van der Waals surface area contributed by atoms with E-state index in [-0.39, 0.29) is 6.79 Å². The van der Waals surface area contributed by atoms with Gasteiger partial charge in [-0.05, 0) is 35.9 Å². The summed E-state index contributed by atoms with van der Waals surface area (Å²) in [5, 5.41) is 7.35. The molecule has 0 N–H and O–H groups in total. The van der Waals surface area contributed by atoms with Gasteiger partial charge in [0.1, 0.15) is 0 Å². The van der Waals surface area contributed by atoms with Gasteiger partial charge in [0.2, 0.25) is 11.6 Å². The first kappa shape index (κ1) is 17.6. The number of ether oxygens (including phenoxy) is 2. The number of aromatic nitrogens is 1.